The van der Waals surface area contributed by atoms with Gasteiger partial charge in [-0.2, -0.15) is 5.10 Å². The molecule has 0 amide bonds. The summed E-state index contributed by atoms with van der Waals surface area (Å²) in [7, 11) is -3.73. The summed E-state index contributed by atoms with van der Waals surface area (Å²) in [5, 5.41) is 10.8. The van der Waals surface area contributed by atoms with E-state index in [9.17, 15) is 8.42 Å². The molecular weight excluding hydrogens is 336 g/mol. The van der Waals surface area contributed by atoms with Crippen molar-refractivity contribution in [2.75, 3.05) is 0 Å². The Morgan fingerprint density at radius 3 is 2.28 bits per heavy atom. The minimum Gasteiger partial charge on any atom is -0.237 e. The first-order valence-corrected chi connectivity index (χ1v) is 9.11. The van der Waals surface area contributed by atoms with Crippen molar-refractivity contribution in [3.63, 3.8) is 0 Å². The Bertz CT molecular complexity index is 1150. The highest BCUT2D eigenvalue weighted by atomic mass is 32.2. The van der Waals surface area contributed by atoms with Crippen molar-refractivity contribution >= 4 is 21.1 Å². The third kappa shape index (κ3) is 2.79. The van der Waals surface area contributed by atoms with Crippen molar-refractivity contribution in [1.82, 2.24) is 14.8 Å². The first kappa shape index (κ1) is 15.5. The monoisotopic (exact) mass is 350 g/mol. The van der Waals surface area contributed by atoms with E-state index in [1.54, 1.807) is 23.0 Å². The molecule has 0 spiro atoms. The molecule has 2 aromatic heterocycles. The molecule has 2 heterocycles. The summed E-state index contributed by atoms with van der Waals surface area (Å²) in [6.07, 6.45) is 1.70. The lowest BCUT2D eigenvalue weighted by molar-refractivity contribution is 0.598. The van der Waals surface area contributed by atoms with Gasteiger partial charge in [-0.05, 0) is 36.4 Å². The molecule has 2 N–H and O–H groups in total. The number of nitrogens with zero attached hydrogens (tertiary/aromatic N) is 3. The van der Waals surface area contributed by atoms with E-state index in [0.717, 1.165) is 16.6 Å². The smallest absolute Gasteiger partial charge is 0.237 e. The van der Waals surface area contributed by atoms with Crippen LogP contribution in [-0.4, -0.2) is 23.2 Å². The van der Waals surface area contributed by atoms with Crippen LogP contribution in [0.4, 0.5) is 0 Å². The number of aromatic nitrogens is 3. The van der Waals surface area contributed by atoms with Crippen LogP contribution in [0.2, 0.25) is 0 Å². The molecule has 124 valence electrons. The van der Waals surface area contributed by atoms with Crippen LogP contribution in [0.5, 0.6) is 0 Å². The van der Waals surface area contributed by atoms with Crippen LogP contribution in [-0.2, 0) is 10.0 Å². The Labute approximate surface area is 144 Å². The lowest BCUT2D eigenvalue weighted by Crippen LogP contribution is -2.12. The van der Waals surface area contributed by atoms with Crippen molar-refractivity contribution in [1.29, 1.82) is 0 Å². The molecule has 25 heavy (non-hydrogen) atoms. The summed E-state index contributed by atoms with van der Waals surface area (Å²) in [6.45, 7) is 0. The lowest BCUT2D eigenvalue weighted by atomic mass is 10.1. The van der Waals surface area contributed by atoms with Crippen LogP contribution in [0.25, 0.3) is 28.0 Å². The lowest BCUT2D eigenvalue weighted by Gasteiger charge is -2.04. The second-order valence-electron chi connectivity index (χ2n) is 5.54. The average molecular weight is 350 g/mol. The SMILES string of the molecule is NS(=O)(=O)c1ccc(-n2nc(-c3ccccc3)c3cccnc32)cc1. The topological polar surface area (TPSA) is 90.9 Å². The molecule has 7 heteroatoms. The first-order valence-electron chi connectivity index (χ1n) is 7.56. The normalized spacial score (nSPS) is 11.7. The van der Waals surface area contributed by atoms with Gasteiger partial charge < -0.3 is 0 Å². The van der Waals surface area contributed by atoms with Crippen molar-refractivity contribution in [2.45, 2.75) is 4.90 Å². The second-order valence-corrected chi connectivity index (χ2v) is 7.10. The standard InChI is InChI=1S/C18H14N4O2S/c19-25(23,24)15-10-8-14(9-11-15)22-18-16(7-4-12-20-18)17(21-22)13-5-2-1-3-6-13/h1-12H,(H2,19,23,24). The molecule has 0 radical (unpaired) electrons. The average Bonchev–Trinajstić information content (AvgIpc) is 3.02. The maximum atomic E-state index is 11.4. The molecule has 0 saturated carbocycles. The summed E-state index contributed by atoms with van der Waals surface area (Å²) in [5.41, 5.74) is 3.21. The summed E-state index contributed by atoms with van der Waals surface area (Å²) in [5.74, 6) is 0. The zero-order chi connectivity index (χ0) is 17.4. The number of sulfonamides is 1. The van der Waals surface area contributed by atoms with Gasteiger partial charge in [-0.15, -0.1) is 0 Å². The first-order chi connectivity index (χ1) is 12.0. The van der Waals surface area contributed by atoms with Gasteiger partial charge in [0.1, 0.15) is 5.69 Å². The summed E-state index contributed by atoms with van der Waals surface area (Å²) in [4.78, 5) is 4.49. The predicted molar refractivity (Wildman–Crippen MR) is 95.7 cm³/mol. The van der Waals surface area contributed by atoms with E-state index in [2.05, 4.69) is 4.98 Å². The van der Waals surface area contributed by atoms with Gasteiger partial charge in [0, 0.05) is 17.1 Å². The number of hydrogen-bond acceptors (Lipinski definition) is 4. The Hall–Kier alpha value is -3.03. The fraction of sp³-hybridized carbons (Fsp3) is 0. The van der Waals surface area contributed by atoms with Gasteiger partial charge in [-0.25, -0.2) is 23.2 Å². The number of hydrogen-bond donors (Lipinski definition) is 1. The van der Waals surface area contributed by atoms with Gasteiger partial charge in [0.2, 0.25) is 10.0 Å². The maximum absolute atomic E-state index is 11.4. The second kappa shape index (κ2) is 5.80. The number of benzene rings is 2. The van der Waals surface area contributed by atoms with Crippen LogP contribution >= 0.6 is 0 Å². The summed E-state index contributed by atoms with van der Waals surface area (Å²) < 4.78 is 24.5. The van der Waals surface area contributed by atoms with E-state index >= 15 is 0 Å². The highest BCUT2D eigenvalue weighted by Crippen LogP contribution is 2.28. The van der Waals surface area contributed by atoms with Crippen molar-refractivity contribution < 1.29 is 8.42 Å². The van der Waals surface area contributed by atoms with Crippen LogP contribution in [0, 0.1) is 0 Å². The predicted octanol–water partition coefficient (Wildman–Crippen LogP) is 2.73. The molecule has 0 atom stereocenters. The number of primary sulfonamides is 1. The quantitative estimate of drug-likeness (QED) is 0.615. The summed E-state index contributed by atoms with van der Waals surface area (Å²) >= 11 is 0. The van der Waals surface area contributed by atoms with Gasteiger partial charge >= 0.3 is 0 Å². The van der Waals surface area contributed by atoms with E-state index < -0.39 is 10.0 Å². The number of pyridine rings is 1. The van der Waals surface area contributed by atoms with E-state index in [4.69, 9.17) is 10.2 Å². The van der Waals surface area contributed by atoms with Crippen molar-refractivity contribution in [3.8, 4) is 16.9 Å². The molecule has 4 aromatic rings. The number of nitrogens with two attached hydrogens (primary N) is 1. The minimum atomic E-state index is -3.73. The zero-order valence-corrected chi connectivity index (χ0v) is 13.9. The van der Waals surface area contributed by atoms with Crippen LogP contribution < -0.4 is 5.14 Å². The Balaban J connectivity index is 1.91. The van der Waals surface area contributed by atoms with Crippen LogP contribution in [0.15, 0.2) is 77.8 Å². The Morgan fingerprint density at radius 1 is 0.880 bits per heavy atom. The molecule has 0 saturated heterocycles. The minimum absolute atomic E-state index is 0.0592. The van der Waals surface area contributed by atoms with Crippen LogP contribution in [0.1, 0.15) is 0 Å². The maximum Gasteiger partial charge on any atom is 0.238 e. The highest BCUT2D eigenvalue weighted by Gasteiger charge is 2.15. The molecule has 0 aliphatic heterocycles. The molecule has 6 nitrogen and oxygen atoms in total. The largest absolute Gasteiger partial charge is 0.238 e. The summed E-state index contributed by atoms with van der Waals surface area (Å²) in [6, 6.07) is 19.9. The fourth-order valence-electron chi connectivity index (χ4n) is 2.72. The Morgan fingerprint density at radius 2 is 1.60 bits per heavy atom. The third-order valence-electron chi connectivity index (χ3n) is 3.90. The molecule has 0 aliphatic carbocycles. The molecule has 0 aliphatic rings. The van der Waals surface area contributed by atoms with E-state index in [-0.39, 0.29) is 4.90 Å². The van der Waals surface area contributed by atoms with Gasteiger partial charge in [0.05, 0.1) is 10.6 Å². The van der Waals surface area contributed by atoms with Gasteiger partial charge in [-0.3, -0.25) is 0 Å². The number of rotatable bonds is 3. The van der Waals surface area contributed by atoms with Gasteiger partial charge in [0.25, 0.3) is 0 Å². The molecule has 4 rings (SSSR count). The van der Waals surface area contributed by atoms with Gasteiger partial charge in [-0.1, -0.05) is 30.3 Å². The van der Waals surface area contributed by atoms with Crippen LogP contribution in [0.3, 0.4) is 0 Å². The van der Waals surface area contributed by atoms with Crippen molar-refractivity contribution in [2.24, 2.45) is 5.14 Å². The van der Waals surface area contributed by atoms with E-state index in [0.29, 0.717) is 11.3 Å². The molecule has 0 bridgehead atoms. The van der Waals surface area contributed by atoms with E-state index in [1.165, 1.54) is 12.1 Å². The van der Waals surface area contributed by atoms with E-state index in [1.807, 2.05) is 42.5 Å². The zero-order valence-electron chi connectivity index (χ0n) is 13.1. The molecular formula is C18H14N4O2S. The third-order valence-corrected chi connectivity index (χ3v) is 4.83. The fourth-order valence-corrected chi connectivity index (χ4v) is 3.23. The highest BCUT2D eigenvalue weighted by molar-refractivity contribution is 7.89. The van der Waals surface area contributed by atoms with Crippen molar-refractivity contribution in [3.05, 3.63) is 72.9 Å². The molecule has 0 fully saturated rings. The Kier molecular flexibility index (Phi) is 3.60. The number of fused-ring (bicyclic) bond motifs is 1. The molecule has 2 aromatic carbocycles. The van der Waals surface area contributed by atoms with Gasteiger partial charge in [0.15, 0.2) is 5.65 Å². The molecule has 0 unspecified atom stereocenters.